The number of hydrogen-bond acceptors (Lipinski definition) is 8. The molecule has 1 aliphatic rings. The molecule has 4 aromatic rings. The van der Waals surface area contributed by atoms with Gasteiger partial charge in [0.05, 0.1) is 10.4 Å². The Balaban J connectivity index is 1.28. The summed E-state index contributed by atoms with van der Waals surface area (Å²) in [5, 5.41) is 17.6. The zero-order valence-corrected chi connectivity index (χ0v) is 24.6. The largest absolute Gasteiger partial charge is 0.373 e. The number of carbonyl (C=O) groups is 1. The highest BCUT2D eigenvalue weighted by atomic mass is 32.2. The van der Waals surface area contributed by atoms with Crippen LogP contribution in [0, 0.1) is 0 Å². The predicted molar refractivity (Wildman–Crippen MR) is 161 cm³/mol. The van der Waals surface area contributed by atoms with Crippen molar-refractivity contribution in [2.24, 2.45) is 0 Å². The maximum absolute atomic E-state index is 13.1. The lowest BCUT2D eigenvalue weighted by atomic mass is 9.87. The van der Waals surface area contributed by atoms with Gasteiger partial charge in [0.2, 0.25) is 10.0 Å². The van der Waals surface area contributed by atoms with Crippen LogP contribution in [0.3, 0.4) is 0 Å². The first-order valence-corrected chi connectivity index (χ1v) is 15.6. The van der Waals surface area contributed by atoms with Gasteiger partial charge in [0.25, 0.3) is 5.91 Å². The number of anilines is 1. The highest BCUT2D eigenvalue weighted by molar-refractivity contribution is 7.89. The molecule has 1 amide bonds. The van der Waals surface area contributed by atoms with Crippen molar-refractivity contribution < 1.29 is 13.2 Å². The SMILES string of the molecule is CCN(CC)S(=O)(=O)c1ccc(CNC(=O)c2cccc(NC3(c4nc(-c5ccncc5)n[nH]4)CCNCC3)c2)cc1. The number of sulfonamides is 1. The van der Waals surface area contributed by atoms with Crippen molar-refractivity contribution in [3.8, 4) is 11.4 Å². The smallest absolute Gasteiger partial charge is 0.251 e. The molecule has 3 heterocycles. The van der Waals surface area contributed by atoms with Crippen LogP contribution in [0.1, 0.15) is 48.4 Å². The molecule has 1 aliphatic heterocycles. The zero-order valence-electron chi connectivity index (χ0n) is 23.8. The van der Waals surface area contributed by atoms with E-state index in [0.29, 0.717) is 24.5 Å². The number of amides is 1. The molecule has 0 saturated carbocycles. The molecule has 42 heavy (non-hydrogen) atoms. The first-order valence-electron chi connectivity index (χ1n) is 14.1. The van der Waals surface area contributed by atoms with Crippen LogP contribution in [-0.2, 0) is 22.1 Å². The van der Waals surface area contributed by atoms with E-state index in [1.54, 1.807) is 42.7 Å². The number of pyridine rings is 1. The summed E-state index contributed by atoms with van der Waals surface area (Å²) in [4.78, 5) is 22.2. The number of rotatable bonds is 11. The molecule has 0 bridgehead atoms. The van der Waals surface area contributed by atoms with Crippen LogP contribution in [0.4, 0.5) is 5.69 Å². The Morgan fingerprint density at radius 1 is 1.00 bits per heavy atom. The molecule has 0 aliphatic carbocycles. The van der Waals surface area contributed by atoms with Gasteiger partial charge in [0.1, 0.15) is 0 Å². The monoisotopic (exact) mass is 588 g/mol. The lowest BCUT2D eigenvalue weighted by Gasteiger charge is -2.37. The Morgan fingerprint density at radius 2 is 1.71 bits per heavy atom. The molecule has 4 N–H and O–H groups in total. The number of H-pyrrole nitrogens is 1. The van der Waals surface area contributed by atoms with Crippen LogP contribution in [-0.4, -0.2) is 65.0 Å². The van der Waals surface area contributed by atoms with Crippen LogP contribution in [0.15, 0.2) is 78.0 Å². The van der Waals surface area contributed by atoms with Crippen molar-refractivity contribution in [1.82, 2.24) is 35.1 Å². The lowest BCUT2D eigenvalue weighted by molar-refractivity contribution is 0.0951. The fourth-order valence-electron chi connectivity index (χ4n) is 5.17. The second-order valence-corrected chi connectivity index (χ2v) is 12.1. The Hall–Kier alpha value is -4.13. The Labute approximate surface area is 246 Å². The van der Waals surface area contributed by atoms with Gasteiger partial charge in [-0.3, -0.25) is 14.9 Å². The number of aromatic amines is 1. The number of nitrogens with zero attached hydrogens (tertiary/aromatic N) is 4. The molecule has 11 nitrogen and oxygen atoms in total. The first-order chi connectivity index (χ1) is 20.3. The normalized spacial score (nSPS) is 14.9. The lowest BCUT2D eigenvalue weighted by Crippen LogP contribution is -2.46. The molecule has 12 heteroatoms. The van der Waals surface area contributed by atoms with Gasteiger partial charge in [-0.05, 0) is 74.0 Å². The van der Waals surface area contributed by atoms with E-state index in [4.69, 9.17) is 4.98 Å². The minimum Gasteiger partial charge on any atom is -0.373 e. The maximum Gasteiger partial charge on any atom is 0.251 e. The highest BCUT2D eigenvalue weighted by Gasteiger charge is 2.37. The summed E-state index contributed by atoms with van der Waals surface area (Å²) < 4.78 is 26.9. The molecular weight excluding hydrogens is 552 g/mol. The molecule has 5 rings (SSSR count). The predicted octanol–water partition coefficient (Wildman–Crippen LogP) is 3.52. The van der Waals surface area contributed by atoms with Crippen LogP contribution < -0.4 is 16.0 Å². The summed E-state index contributed by atoms with van der Waals surface area (Å²) in [7, 11) is -3.53. The van der Waals surface area contributed by atoms with E-state index >= 15 is 0 Å². The topological polar surface area (TPSA) is 145 Å². The third-order valence-corrected chi connectivity index (χ3v) is 9.63. The van der Waals surface area contributed by atoms with Gasteiger partial charge >= 0.3 is 0 Å². The molecule has 1 saturated heterocycles. The van der Waals surface area contributed by atoms with Crippen LogP contribution in [0.2, 0.25) is 0 Å². The highest BCUT2D eigenvalue weighted by Crippen LogP contribution is 2.34. The van der Waals surface area contributed by atoms with Gasteiger partial charge in [-0.15, -0.1) is 0 Å². The number of nitrogens with one attached hydrogen (secondary N) is 4. The van der Waals surface area contributed by atoms with Crippen molar-refractivity contribution in [1.29, 1.82) is 0 Å². The number of aromatic nitrogens is 4. The quantitative estimate of drug-likeness (QED) is 0.208. The van der Waals surface area contributed by atoms with E-state index in [0.717, 1.165) is 48.6 Å². The van der Waals surface area contributed by atoms with Crippen LogP contribution >= 0.6 is 0 Å². The van der Waals surface area contributed by atoms with Gasteiger partial charge in [-0.25, -0.2) is 13.4 Å². The molecule has 0 radical (unpaired) electrons. The fraction of sp³-hybridized carbons (Fsp3) is 0.333. The average molecular weight is 589 g/mol. The van der Waals surface area contributed by atoms with E-state index in [2.05, 4.69) is 31.1 Å². The second kappa shape index (κ2) is 12.8. The molecule has 0 atom stereocenters. The van der Waals surface area contributed by atoms with Crippen molar-refractivity contribution >= 4 is 21.6 Å². The summed E-state index contributed by atoms with van der Waals surface area (Å²) in [5.41, 5.74) is 2.53. The Morgan fingerprint density at radius 3 is 2.40 bits per heavy atom. The molecule has 220 valence electrons. The third kappa shape index (κ3) is 6.35. The van der Waals surface area contributed by atoms with Crippen molar-refractivity contribution in [2.45, 2.75) is 43.7 Å². The molecule has 1 fully saturated rings. The van der Waals surface area contributed by atoms with Gasteiger partial charge in [0, 0.05) is 48.8 Å². The summed E-state index contributed by atoms with van der Waals surface area (Å²) in [6.45, 7) is 6.35. The summed E-state index contributed by atoms with van der Waals surface area (Å²) in [6, 6.07) is 17.8. The number of benzene rings is 2. The van der Waals surface area contributed by atoms with E-state index in [9.17, 15) is 13.2 Å². The first kappa shape index (κ1) is 29.4. The maximum atomic E-state index is 13.1. The van der Waals surface area contributed by atoms with Gasteiger partial charge in [0.15, 0.2) is 11.6 Å². The Kier molecular flexibility index (Phi) is 8.95. The average Bonchev–Trinajstić information content (AvgIpc) is 3.53. The molecule has 2 aromatic carbocycles. The standard InChI is InChI=1S/C30H36N8O3S/c1-3-38(4-2)42(40,41)26-10-8-22(9-11-26)21-33-28(39)24-6-5-7-25(20-24)35-30(14-18-32-19-15-30)29-34-27(36-37-29)23-12-16-31-17-13-23/h5-13,16-17,20,32,35H,3-4,14-15,18-19,21H2,1-2H3,(H,33,39)(H,34,36,37). The minimum absolute atomic E-state index is 0.225. The van der Waals surface area contributed by atoms with Crippen molar-refractivity contribution in [3.63, 3.8) is 0 Å². The number of piperidine rings is 1. The minimum atomic E-state index is -3.53. The zero-order chi connectivity index (χ0) is 29.6. The third-order valence-electron chi connectivity index (χ3n) is 7.56. The molecule has 0 unspecified atom stereocenters. The fourth-order valence-corrected chi connectivity index (χ4v) is 6.63. The number of carbonyl (C=O) groups excluding carboxylic acids is 1. The molecule has 0 spiro atoms. The van der Waals surface area contributed by atoms with E-state index in [1.165, 1.54) is 4.31 Å². The summed E-state index contributed by atoms with van der Waals surface area (Å²) in [5.74, 6) is 1.13. The second-order valence-electron chi connectivity index (χ2n) is 10.2. The summed E-state index contributed by atoms with van der Waals surface area (Å²) in [6.07, 6.45) is 5.00. The van der Waals surface area contributed by atoms with Gasteiger partial charge in [-0.2, -0.15) is 9.40 Å². The van der Waals surface area contributed by atoms with Crippen molar-refractivity contribution in [2.75, 3.05) is 31.5 Å². The van der Waals surface area contributed by atoms with Gasteiger partial charge in [-0.1, -0.05) is 32.0 Å². The summed E-state index contributed by atoms with van der Waals surface area (Å²) >= 11 is 0. The van der Waals surface area contributed by atoms with E-state index in [-0.39, 0.29) is 17.3 Å². The Bertz CT molecular complexity index is 1600. The number of hydrogen-bond donors (Lipinski definition) is 4. The molecular formula is C30H36N8O3S. The van der Waals surface area contributed by atoms with Gasteiger partial charge < -0.3 is 16.0 Å². The van der Waals surface area contributed by atoms with Crippen LogP contribution in [0.5, 0.6) is 0 Å². The molecule has 2 aromatic heterocycles. The van der Waals surface area contributed by atoms with E-state index in [1.807, 2.05) is 44.2 Å². The van der Waals surface area contributed by atoms with Crippen molar-refractivity contribution in [3.05, 3.63) is 90.0 Å². The van der Waals surface area contributed by atoms with E-state index < -0.39 is 15.6 Å². The van der Waals surface area contributed by atoms with Crippen LogP contribution in [0.25, 0.3) is 11.4 Å².